The van der Waals surface area contributed by atoms with Gasteiger partial charge in [-0.1, -0.05) is 81.0 Å². The quantitative estimate of drug-likeness (QED) is 0.328. The molecule has 0 bridgehead atoms. The molecule has 1 aliphatic heterocycles. The van der Waals surface area contributed by atoms with Crippen molar-refractivity contribution in [2.24, 2.45) is 5.92 Å². The fourth-order valence-electron chi connectivity index (χ4n) is 4.00. The second-order valence-corrected chi connectivity index (χ2v) is 8.78. The van der Waals surface area contributed by atoms with Crippen molar-refractivity contribution < 1.29 is 22.6 Å². The molecule has 34 heavy (non-hydrogen) atoms. The van der Waals surface area contributed by atoms with Gasteiger partial charge in [-0.3, -0.25) is 0 Å². The Labute approximate surface area is 199 Å². The summed E-state index contributed by atoms with van der Waals surface area (Å²) in [5.41, 5.74) is 2.73. The Kier molecular flexibility index (Phi) is 7.86. The maximum atomic E-state index is 14.9. The van der Waals surface area contributed by atoms with E-state index in [9.17, 15) is 13.2 Å². The van der Waals surface area contributed by atoms with Gasteiger partial charge in [-0.2, -0.15) is 0 Å². The van der Waals surface area contributed by atoms with Gasteiger partial charge in [0.25, 0.3) is 0 Å². The van der Waals surface area contributed by atoms with Crippen LogP contribution in [0.4, 0.5) is 13.2 Å². The highest BCUT2D eigenvalue weighted by Crippen LogP contribution is 2.32. The molecule has 4 rings (SSSR count). The topological polar surface area (TPSA) is 18.5 Å². The maximum absolute atomic E-state index is 14.9. The molecule has 0 aliphatic carbocycles. The Morgan fingerprint density at radius 1 is 0.824 bits per heavy atom. The van der Waals surface area contributed by atoms with E-state index < -0.39 is 23.7 Å². The minimum atomic E-state index is -0.869. The molecule has 0 amide bonds. The molecule has 5 heteroatoms. The van der Waals surface area contributed by atoms with E-state index in [2.05, 4.69) is 6.92 Å². The lowest BCUT2D eigenvalue weighted by atomic mass is 9.97. The van der Waals surface area contributed by atoms with Crippen LogP contribution in [0.3, 0.4) is 0 Å². The van der Waals surface area contributed by atoms with Crippen molar-refractivity contribution in [3.63, 3.8) is 0 Å². The highest BCUT2D eigenvalue weighted by Gasteiger charge is 2.22. The minimum absolute atomic E-state index is 0.182. The molecular formula is C29H29F3O2. The van der Waals surface area contributed by atoms with Gasteiger partial charge in [0.1, 0.15) is 5.82 Å². The zero-order valence-corrected chi connectivity index (χ0v) is 19.5. The van der Waals surface area contributed by atoms with Gasteiger partial charge in [0.2, 0.25) is 0 Å². The zero-order valence-electron chi connectivity index (χ0n) is 19.5. The Hall–Kier alpha value is -2.89. The van der Waals surface area contributed by atoms with Crippen LogP contribution in [-0.2, 0) is 15.9 Å². The molecule has 0 N–H and O–H groups in total. The average molecular weight is 467 g/mol. The van der Waals surface area contributed by atoms with Gasteiger partial charge in [-0.05, 0) is 35.6 Å². The fourth-order valence-corrected chi connectivity index (χ4v) is 4.00. The van der Waals surface area contributed by atoms with Gasteiger partial charge in [0.15, 0.2) is 17.9 Å². The average Bonchev–Trinajstić information content (AvgIpc) is 2.85. The largest absolute Gasteiger partial charge is 0.348 e. The Balaban J connectivity index is 1.51. The molecule has 3 aromatic rings. The van der Waals surface area contributed by atoms with E-state index >= 15 is 0 Å². The Bertz CT molecular complexity index is 1150. The number of hydrogen-bond acceptors (Lipinski definition) is 2. The zero-order chi connectivity index (χ0) is 24.1. The monoisotopic (exact) mass is 466 g/mol. The predicted octanol–water partition coefficient (Wildman–Crippen LogP) is 8.02. The third-order valence-electron chi connectivity index (χ3n) is 5.96. The van der Waals surface area contributed by atoms with Crippen LogP contribution in [0.25, 0.3) is 22.3 Å². The minimum Gasteiger partial charge on any atom is -0.348 e. The summed E-state index contributed by atoms with van der Waals surface area (Å²) in [4.78, 5) is 0. The maximum Gasteiger partial charge on any atom is 0.183 e. The van der Waals surface area contributed by atoms with E-state index in [0.29, 0.717) is 53.4 Å². The van der Waals surface area contributed by atoms with Gasteiger partial charge >= 0.3 is 0 Å². The van der Waals surface area contributed by atoms with Crippen molar-refractivity contribution in [2.45, 2.75) is 39.4 Å². The molecule has 1 heterocycles. The highest BCUT2D eigenvalue weighted by atomic mass is 19.2. The van der Waals surface area contributed by atoms with Gasteiger partial charge < -0.3 is 9.47 Å². The van der Waals surface area contributed by atoms with Gasteiger partial charge in [0, 0.05) is 22.6 Å². The molecule has 0 radical (unpaired) electrons. The molecular weight excluding hydrogens is 437 g/mol. The van der Waals surface area contributed by atoms with Crippen molar-refractivity contribution in [1.82, 2.24) is 0 Å². The number of unbranched alkanes of at least 4 members (excludes halogenated alkanes) is 1. The first-order valence-corrected chi connectivity index (χ1v) is 11.7. The molecule has 178 valence electrons. The molecule has 0 aromatic heterocycles. The summed E-state index contributed by atoms with van der Waals surface area (Å²) in [5.74, 6) is -1.78. The van der Waals surface area contributed by atoms with E-state index in [4.69, 9.17) is 9.47 Å². The molecule has 1 saturated heterocycles. The highest BCUT2D eigenvalue weighted by molar-refractivity contribution is 5.71. The van der Waals surface area contributed by atoms with E-state index in [-0.39, 0.29) is 5.56 Å². The van der Waals surface area contributed by atoms with Crippen LogP contribution < -0.4 is 0 Å². The summed E-state index contributed by atoms with van der Waals surface area (Å²) in [6.45, 7) is 5.24. The molecule has 3 aromatic carbocycles. The predicted molar refractivity (Wildman–Crippen MR) is 129 cm³/mol. The van der Waals surface area contributed by atoms with Crippen molar-refractivity contribution in [2.75, 3.05) is 13.2 Å². The van der Waals surface area contributed by atoms with Crippen LogP contribution in [0.15, 0.2) is 66.7 Å². The van der Waals surface area contributed by atoms with Crippen LogP contribution in [0.2, 0.25) is 0 Å². The van der Waals surface area contributed by atoms with Crippen LogP contribution in [0.5, 0.6) is 0 Å². The summed E-state index contributed by atoms with van der Waals surface area (Å²) in [6, 6.07) is 14.9. The van der Waals surface area contributed by atoms with Crippen molar-refractivity contribution >= 4 is 0 Å². The Morgan fingerprint density at radius 3 is 2.12 bits per heavy atom. The first-order valence-electron chi connectivity index (χ1n) is 11.7. The first-order chi connectivity index (χ1) is 16.5. The standard InChI is InChI=1S/C29H29F3O2/c1-3-4-5-6-7-22-12-15-25(28(32)27(22)31)21-10-8-20(9-11-21)24-14-13-23(16-26(24)30)29-33-17-19(2)18-34-29/h5-6,8-16,19,29H,3-4,7,17-18H2,1-2H3/b6-5-. The lowest BCUT2D eigenvalue weighted by Gasteiger charge is -2.27. The third kappa shape index (κ3) is 5.43. The summed E-state index contributed by atoms with van der Waals surface area (Å²) in [7, 11) is 0. The number of hydrogen-bond donors (Lipinski definition) is 0. The van der Waals surface area contributed by atoms with Crippen LogP contribution in [0, 0.1) is 23.4 Å². The van der Waals surface area contributed by atoms with Gasteiger partial charge in [-0.25, -0.2) is 13.2 Å². The van der Waals surface area contributed by atoms with Crippen molar-refractivity contribution in [3.05, 3.63) is 95.3 Å². The Morgan fingerprint density at radius 2 is 1.47 bits per heavy atom. The van der Waals surface area contributed by atoms with Gasteiger partial charge in [-0.15, -0.1) is 0 Å². The van der Waals surface area contributed by atoms with Gasteiger partial charge in [0.05, 0.1) is 13.2 Å². The molecule has 2 nitrogen and oxygen atoms in total. The van der Waals surface area contributed by atoms with E-state index in [0.717, 1.165) is 12.8 Å². The molecule has 0 unspecified atom stereocenters. The molecule has 0 saturated carbocycles. The SMILES string of the molecule is CCC/C=C\Cc1ccc(-c2ccc(-c3ccc(C4OCC(C)CO4)cc3F)cc2)c(F)c1F. The van der Waals surface area contributed by atoms with E-state index in [1.54, 1.807) is 48.5 Å². The van der Waals surface area contributed by atoms with E-state index in [1.807, 2.05) is 19.1 Å². The van der Waals surface area contributed by atoms with Crippen molar-refractivity contribution in [3.8, 4) is 22.3 Å². The molecule has 1 fully saturated rings. The van der Waals surface area contributed by atoms with Crippen LogP contribution >= 0.6 is 0 Å². The number of allylic oxidation sites excluding steroid dienone is 2. The third-order valence-corrected chi connectivity index (χ3v) is 5.96. The lowest BCUT2D eigenvalue weighted by molar-refractivity contribution is -0.202. The summed E-state index contributed by atoms with van der Waals surface area (Å²) in [6.07, 6.45) is 5.56. The lowest BCUT2D eigenvalue weighted by Crippen LogP contribution is -2.25. The number of halogens is 3. The van der Waals surface area contributed by atoms with Crippen LogP contribution in [0.1, 0.15) is 44.1 Å². The number of ether oxygens (including phenoxy) is 2. The first kappa shape index (κ1) is 24.2. The summed E-state index contributed by atoms with van der Waals surface area (Å²) in [5, 5.41) is 0. The molecule has 0 spiro atoms. The normalized spacial score (nSPS) is 18.5. The van der Waals surface area contributed by atoms with Crippen LogP contribution in [-0.4, -0.2) is 13.2 Å². The number of rotatable bonds is 7. The smallest absolute Gasteiger partial charge is 0.183 e. The second kappa shape index (κ2) is 11.0. The fraction of sp³-hybridized carbons (Fsp3) is 0.310. The summed E-state index contributed by atoms with van der Waals surface area (Å²) < 4.78 is 55.5. The second-order valence-electron chi connectivity index (χ2n) is 8.78. The molecule has 1 aliphatic rings. The van der Waals surface area contributed by atoms with E-state index in [1.165, 1.54) is 6.07 Å². The van der Waals surface area contributed by atoms with Crippen molar-refractivity contribution in [1.29, 1.82) is 0 Å². The molecule has 0 atom stereocenters. The summed E-state index contributed by atoms with van der Waals surface area (Å²) >= 11 is 0. The number of benzene rings is 3.